The zero-order valence-corrected chi connectivity index (χ0v) is 14.4. The Balaban J connectivity index is 0.00000192. The third kappa shape index (κ3) is 3.67. The number of hydrogen-bond donors (Lipinski definition) is 1. The highest BCUT2D eigenvalue weighted by Crippen LogP contribution is 2.28. The van der Waals surface area contributed by atoms with Gasteiger partial charge in [-0.2, -0.15) is 0 Å². The first kappa shape index (κ1) is 17.8. The summed E-state index contributed by atoms with van der Waals surface area (Å²) in [5.74, 6) is 0.0835. The lowest BCUT2D eigenvalue weighted by Crippen LogP contribution is -2.55. The number of amides is 1. The van der Waals surface area contributed by atoms with Gasteiger partial charge in [-0.05, 0) is 29.2 Å². The molecule has 4 heteroatoms. The van der Waals surface area contributed by atoms with Crippen molar-refractivity contribution in [3.05, 3.63) is 48.0 Å². The number of benzene rings is 2. The molecule has 1 aliphatic rings. The molecule has 2 aromatic carbocycles. The van der Waals surface area contributed by atoms with E-state index in [1.165, 1.54) is 22.8 Å². The van der Waals surface area contributed by atoms with E-state index in [0.29, 0.717) is 6.54 Å². The summed E-state index contributed by atoms with van der Waals surface area (Å²) in [6.07, 6.45) is 4.94. The fourth-order valence-electron chi connectivity index (χ4n) is 3.53. The fourth-order valence-corrected chi connectivity index (χ4v) is 3.53. The fraction of sp³-hybridized carbons (Fsp3) is 0.421. The highest BCUT2D eigenvalue weighted by atomic mass is 35.5. The van der Waals surface area contributed by atoms with Crippen molar-refractivity contribution >= 4 is 29.1 Å². The smallest absolute Gasteiger partial charge is 0.242 e. The Labute approximate surface area is 144 Å². The summed E-state index contributed by atoms with van der Waals surface area (Å²) in [7, 11) is 1.87. The molecule has 3 nitrogen and oxygen atoms in total. The maximum atomic E-state index is 12.8. The van der Waals surface area contributed by atoms with E-state index in [9.17, 15) is 4.79 Å². The first-order valence-electron chi connectivity index (χ1n) is 8.11. The number of fused-ring (bicyclic) bond motifs is 1. The third-order valence-corrected chi connectivity index (χ3v) is 4.81. The molecule has 1 aliphatic carbocycles. The van der Waals surface area contributed by atoms with Crippen LogP contribution in [0.1, 0.15) is 37.7 Å². The van der Waals surface area contributed by atoms with E-state index in [1.807, 2.05) is 19.2 Å². The summed E-state index contributed by atoms with van der Waals surface area (Å²) >= 11 is 0. The van der Waals surface area contributed by atoms with Crippen molar-refractivity contribution in [2.45, 2.75) is 44.2 Å². The van der Waals surface area contributed by atoms with Crippen LogP contribution in [0, 0.1) is 0 Å². The van der Waals surface area contributed by atoms with Gasteiger partial charge in [-0.15, -0.1) is 12.4 Å². The normalized spacial score (nSPS) is 16.6. The number of nitrogens with two attached hydrogens (primary N) is 1. The van der Waals surface area contributed by atoms with Crippen molar-refractivity contribution in [3.63, 3.8) is 0 Å². The van der Waals surface area contributed by atoms with E-state index < -0.39 is 5.54 Å². The van der Waals surface area contributed by atoms with E-state index >= 15 is 0 Å². The van der Waals surface area contributed by atoms with Crippen LogP contribution in [0.15, 0.2) is 42.5 Å². The lowest BCUT2D eigenvalue weighted by molar-refractivity contribution is -0.137. The molecule has 0 radical (unpaired) electrons. The van der Waals surface area contributed by atoms with Crippen LogP contribution in [0.3, 0.4) is 0 Å². The molecular weight excluding hydrogens is 308 g/mol. The topological polar surface area (TPSA) is 46.3 Å². The predicted molar refractivity (Wildman–Crippen MR) is 97.7 cm³/mol. The third-order valence-electron chi connectivity index (χ3n) is 4.81. The Bertz CT molecular complexity index is 675. The van der Waals surface area contributed by atoms with Crippen molar-refractivity contribution in [3.8, 4) is 0 Å². The van der Waals surface area contributed by atoms with E-state index in [1.54, 1.807) is 4.90 Å². The van der Waals surface area contributed by atoms with Gasteiger partial charge in [0, 0.05) is 13.6 Å². The number of rotatable bonds is 3. The van der Waals surface area contributed by atoms with Crippen LogP contribution in [0.4, 0.5) is 0 Å². The van der Waals surface area contributed by atoms with Crippen molar-refractivity contribution in [1.82, 2.24) is 4.90 Å². The first-order chi connectivity index (χ1) is 10.6. The van der Waals surface area contributed by atoms with Gasteiger partial charge in [0.25, 0.3) is 0 Å². The van der Waals surface area contributed by atoms with Gasteiger partial charge in [-0.25, -0.2) is 0 Å². The van der Waals surface area contributed by atoms with E-state index in [2.05, 4.69) is 30.3 Å². The Kier molecular flexibility index (Phi) is 5.66. The van der Waals surface area contributed by atoms with Crippen LogP contribution in [0.5, 0.6) is 0 Å². The zero-order valence-electron chi connectivity index (χ0n) is 13.6. The molecule has 0 unspecified atom stereocenters. The zero-order chi connectivity index (χ0) is 15.6. The highest BCUT2D eigenvalue weighted by Gasteiger charge is 2.37. The Morgan fingerprint density at radius 2 is 1.74 bits per heavy atom. The summed E-state index contributed by atoms with van der Waals surface area (Å²) < 4.78 is 0. The molecule has 0 saturated heterocycles. The van der Waals surface area contributed by atoms with Crippen molar-refractivity contribution in [2.24, 2.45) is 5.73 Å². The Morgan fingerprint density at radius 1 is 1.09 bits per heavy atom. The number of hydrogen-bond acceptors (Lipinski definition) is 2. The summed E-state index contributed by atoms with van der Waals surface area (Å²) in [5, 5.41) is 2.42. The lowest BCUT2D eigenvalue weighted by atomic mass is 9.81. The van der Waals surface area contributed by atoms with Crippen LogP contribution in [-0.2, 0) is 11.3 Å². The average molecular weight is 333 g/mol. The van der Waals surface area contributed by atoms with Gasteiger partial charge in [0.15, 0.2) is 0 Å². The van der Waals surface area contributed by atoms with E-state index in [4.69, 9.17) is 5.73 Å². The minimum atomic E-state index is -0.655. The van der Waals surface area contributed by atoms with Gasteiger partial charge in [0.1, 0.15) is 0 Å². The number of carbonyl (C=O) groups is 1. The van der Waals surface area contributed by atoms with Crippen molar-refractivity contribution < 1.29 is 4.79 Å². The van der Waals surface area contributed by atoms with Gasteiger partial charge in [-0.1, -0.05) is 61.7 Å². The first-order valence-corrected chi connectivity index (χ1v) is 8.11. The molecule has 0 heterocycles. The second kappa shape index (κ2) is 7.33. The Hall–Kier alpha value is -1.58. The molecule has 1 saturated carbocycles. The molecule has 2 N–H and O–H groups in total. The number of nitrogens with zero attached hydrogens (tertiary/aromatic N) is 1. The summed E-state index contributed by atoms with van der Waals surface area (Å²) in [4.78, 5) is 14.6. The molecule has 2 aromatic rings. The second-order valence-electron chi connectivity index (χ2n) is 6.52. The van der Waals surface area contributed by atoms with Crippen LogP contribution in [0.2, 0.25) is 0 Å². The highest BCUT2D eigenvalue weighted by molar-refractivity contribution is 5.88. The molecule has 0 bridgehead atoms. The quantitative estimate of drug-likeness (QED) is 0.927. The van der Waals surface area contributed by atoms with Crippen LogP contribution in [-0.4, -0.2) is 23.4 Å². The maximum Gasteiger partial charge on any atom is 0.242 e. The SMILES string of the molecule is CN(Cc1cccc2ccccc12)C(=O)C1(N)CCCCC1.Cl. The molecule has 0 spiro atoms. The van der Waals surface area contributed by atoms with Crippen molar-refractivity contribution in [1.29, 1.82) is 0 Å². The average Bonchev–Trinajstić information content (AvgIpc) is 2.55. The molecule has 1 amide bonds. The minimum absolute atomic E-state index is 0. The lowest BCUT2D eigenvalue weighted by Gasteiger charge is -2.35. The molecular formula is C19H25ClN2O. The van der Waals surface area contributed by atoms with Crippen LogP contribution < -0.4 is 5.73 Å². The predicted octanol–water partition coefficient (Wildman–Crippen LogP) is 3.88. The molecule has 0 aromatic heterocycles. The van der Waals surface area contributed by atoms with Gasteiger partial charge >= 0.3 is 0 Å². The standard InChI is InChI=1S/C19H24N2O.ClH/c1-21(18(22)19(20)12-5-2-6-13-19)14-16-10-7-9-15-8-3-4-11-17(15)16;/h3-4,7-11H,2,5-6,12-14,20H2,1H3;1H. The summed E-state index contributed by atoms with van der Waals surface area (Å²) in [6.45, 7) is 0.610. The molecule has 124 valence electrons. The summed E-state index contributed by atoms with van der Waals surface area (Å²) in [6, 6.07) is 14.5. The summed E-state index contributed by atoms with van der Waals surface area (Å²) in [5.41, 5.74) is 6.90. The number of likely N-dealkylation sites (N-methyl/N-ethyl adjacent to an activating group) is 1. The minimum Gasteiger partial charge on any atom is -0.340 e. The number of halogens is 1. The largest absolute Gasteiger partial charge is 0.340 e. The van der Waals surface area contributed by atoms with Crippen LogP contribution in [0.25, 0.3) is 10.8 Å². The molecule has 3 rings (SSSR count). The molecule has 1 fully saturated rings. The van der Waals surface area contributed by atoms with Crippen LogP contribution >= 0.6 is 12.4 Å². The van der Waals surface area contributed by atoms with E-state index in [-0.39, 0.29) is 18.3 Å². The van der Waals surface area contributed by atoms with Gasteiger partial charge < -0.3 is 10.6 Å². The Morgan fingerprint density at radius 3 is 2.48 bits per heavy atom. The number of carbonyl (C=O) groups excluding carboxylic acids is 1. The van der Waals surface area contributed by atoms with Gasteiger partial charge in [0.2, 0.25) is 5.91 Å². The monoisotopic (exact) mass is 332 g/mol. The van der Waals surface area contributed by atoms with Gasteiger partial charge in [0.05, 0.1) is 5.54 Å². The van der Waals surface area contributed by atoms with Gasteiger partial charge in [-0.3, -0.25) is 4.79 Å². The second-order valence-corrected chi connectivity index (χ2v) is 6.52. The maximum absolute atomic E-state index is 12.8. The molecule has 0 aliphatic heterocycles. The van der Waals surface area contributed by atoms with Crippen molar-refractivity contribution in [2.75, 3.05) is 7.05 Å². The van der Waals surface area contributed by atoms with E-state index in [0.717, 1.165) is 25.7 Å². The molecule has 0 atom stereocenters. The molecule has 23 heavy (non-hydrogen) atoms.